The molecule has 6 nitrogen and oxygen atoms in total. The number of urea groups is 1. The van der Waals surface area contributed by atoms with Gasteiger partial charge in [-0.2, -0.15) is 0 Å². The Morgan fingerprint density at radius 2 is 2.11 bits per heavy atom. The molecule has 0 spiro atoms. The Labute approximate surface area is 112 Å². The monoisotopic (exact) mass is 270 g/mol. The summed E-state index contributed by atoms with van der Waals surface area (Å²) < 4.78 is 5.10. The molecule has 1 heterocycles. The summed E-state index contributed by atoms with van der Waals surface area (Å²) in [6.07, 6.45) is 4.61. The van der Waals surface area contributed by atoms with Gasteiger partial charge in [-0.15, -0.1) is 0 Å². The molecular formula is C13H22N2O4. The van der Waals surface area contributed by atoms with E-state index in [0.29, 0.717) is 12.0 Å². The molecule has 2 fully saturated rings. The Bertz CT molecular complexity index is 355. The van der Waals surface area contributed by atoms with Gasteiger partial charge in [-0.1, -0.05) is 13.3 Å². The first kappa shape index (κ1) is 14.1. The molecule has 2 aliphatic rings. The third-order valence-electron chi connectivity index (χ3n) is 4.08. The smallest absolute Gasteiger partial charge is 0.315 e. The number of carboxylic acid groups (broad SMARTS) is 1. The predicted molar refractivity (Wildman–Crippen MR) is 68.8 cm³/mol. The summed E-state index contributed by atoms with van der Waals surface area (Å²) in [5.41, 5.74) is 0.296. The zero-order valence-corrected chi connectivity index (χ0v) is 11.3. The lowest BCUT2D eigenvalue weighted by molar-refractivity contribution is -0.142. The highest BCUT2D eigenvalue weighted by Crippen LogP contribution is 2.48. The number of carboxylic acids is 1. The fourth-order valence-corrected chi connectivity index (χ4v) is 2.65. The van der Waals surface area contributed by atoms with Gasteiger partial charge in [-0.25, -0.2) is 4.79 Å². The maximum atomic E-state index is 11.8. The van der Waals surface area contributed by atoms with E-state index in [4.69, 9.17) is 9.84 Å². The van der Waals surface area contributed by atoms with Crippen LogP contribution < -0.4 is 10.6 Å². The predicted octanol–water partition coefficient (Wildman–Crippen LogP) is 0.965. The zero-order valence-electron chi connectivity index (χ0n) is 11.3. The van der Waals surface area contributed by atoms with Gasteiger partial charge in [-0.3, -0.25) is 4.79 Å². The van der Waals surface area contributed by atoms with Gasteiger partial charge in [0.1, 0.15) is 5.92 Å². The van der Waals surface area contributed by atoms with Gasteiger partial charge in [0.2, 0.25) is 0 Å². The van der Waals surface area contributed by atoms with E-state index in [0.717, 1.165) is 12.8 Å². The van der Waals surface area contributed by atoms with Crippen molar-refractivity contribution >= 4 is 12.0 Å². The molecule has 2 unspecified atom stereocenters. The number of carbonyl (C=O) groups excluding carboxylic acids is 1. The van der Waals surface area contributed by atoms with Crippen molar-refractivity contribution in [3.05, 3.63) is 0 Å². The summed E-state index contributed by atoms with van der Waals surface area (Å²) in [4.78, 5) is 22.7. The molecule has 1 aliphatic carbocycles. The van der Waals surface area contributed by atoms with Crippen LogP contribution in [0, 0.1) is 11.3 Å². The van der Waals surface area contributed by atoms with E-state index < -0.39 is 17.9 Å². The van der Waals surface area contributed by atoms with Crippen LogP contribution in [0.2, 0.25) is 0 Å². The van der Waals surface area contributed by atoms with Crippen molar-refractivity contribution in [1.29, 1.82) is 0 Å². The average molecular weight is 270 g/mol. The van der Waals surface area contributed by atoms with Crippen LogP contribution in [0.1, 0.15) is 32.6 Å². The van der Waals surface area contributed by atoms with Crippen LogP contribution in [0.15, 0.2) is 0 Å². The first-order valence-electron chi connectivity index (χ1n) is 6.91. The summed E-state index contributed by atoms with van der Waals surface area (Å²) in [6, 6.07) is -0.719. The van der Waals surface area contributed by atoms with Crippen LogP contribution in [0.5, 0.6) is 0 Å². The first-order chi connectivity index (χ1) is 9.06. The van der Waals surface area contributed by atoms with E-state index in [-0.39, 0.29) is 19.2 Å². The molecule has 0 bridgehead atoms. The van der Waals surface area contributed by atoms with E-state index >= 15 is 0 Å². The molecular weight excluding hydrogens is 248 g/mol. The van der Waals surface area contributed by atoms with Gasteiger partial charge in [0.15, 0.2) is 0 Å². The quantitative estimate of drug-likeness (QED) is 0.671. The second-order valence-electron chi connectivity index (χ2n) is 5.67. The highest BCUT2D eigenvalue weighted by atomic mass is 16.5. The van der Waals surface area contributed by atoms with Crippen molar-refractivity contribution in [2.24, 2.45) is 11.3 Å². The minimum Gasteiger partial charge on any atom is -0.481 e. The molecule has 0 aromatic carbocycles. The number of aliphatic carboxylic acids is 1. The number of ether oxygens (including phenoxy) is 1. The van der Waals surface area contributed by atoms with Crippen LogP contribution in [0.3, 0.4) is 0 Å². The largest absolute Gasteiger partial charge is 0.481 e. The summed E-state index contributed by atoms with van der Waals surface area (Å²) in [5, 5.41) is 14.5. The maximum absolute atomic E-state index is 11.8. The van der Waals surface area contributed by atoms with E-state index in [9.17, 15) is 9.59 Å². The molecule has 1 aliphatic heterocycles. The van der Waals surface area contributed by atoms with Crippen LogP contribution in [0.4, 0.5) is 4.79 Å². The highest BCUT2D eigenvalue weighted by Gasteiger charge is 2.42. The summed E-state index contributed by atoms with van der Waals surface area (Å²) in [5.74, 6) is -1.57. The topological polar surface area (TPSA) is 87.7 Å². The summed E-state index contributed by atoms with van der Waals surface area (Å²) in [6.45, 7) is 3.26. The lowest BCUT2D eigenvalue weighted by Crippen LogP contribution is -2.48. The van der Waals surface area contributed by atoms with Crippen molar-refractivity contribution in [3.8, 4) is 0 Å². The zero-order chi connectivity index (χ0) is 13.9. The molecule has 0 radical (unpaired) electrons. The molecule has 19 heavy (non-hydrogen) atoms. The van der Waals surface area contributed by atoms with E-state index in [1.165, 1.54) is 12.8 Å². The molecule has 3 N–H and O–H groups in total. The molecule has 1 saturated heterocycles. The van der Waals surface area contributed by atoms with Gasteiger partial charge < -0.3 is 20.5 Å². The molecule has 0 aromatic rings. The molecule has 6 heteroatoms. The van der Waals surface area contributed by atoms with Gasteiger partial charge in [-0.05, 0) is 24.7 Å². The van der Waals surface area contributed by atoms with Gasteiger partial charge in [0.25, 0.3) is 0 Å². The van der Waals surface area contributed by atoms with Crippen LogP contribution in [0.25, 0.3) is 0 Å². The van der Waals surface area contributed by atoms with Crippen molar-refractivity contribution in [1.82, 2.24) is 10.6 Å². The molecule has 2 amide bonds. The number of hydrogen-bond donors (Lipinski definition) is 3. The Hall–Kier alpha value is -1.30. The SMILES string of the molecule is CCCC1(CNC(=O)NC2COCC2C(=O)O)CC1. The molecule has 0 aromatic heterocycles. The van der Waals surface area contributed by atoms with Crippen LogP contribution >= 0.6 is 0 Å². The Morgan fingerprint density at radius 1 is 1.37 bits per heavy atom. The van der Waals surface area contributed by atoms with E-state index in [2.05, 4.69) is 17.6 Å². The molecule has 1 saturated carbocycles. The molecule has 108 valence electrons. The highest BCUT2D eigenvalue weighted by molar-refractivity contribution is 5.77. The van der Waals surface area contributed by atoms with E-state index in [1.54, 1.807) is 0 Å². The van der Waals surface area contributed by atoms with Crippen LogP contribution in [-0.2, 0) is 9.53 Å². The lowest BCUT2D eigenvalue weighted by atomic mass is 10.0. The number of amides is 2. The fourth-order valence-electron chi connectivity index (χ4n) is 2.65. The Kier molecular flexibility index (Phi) is 4.29. The lowest BCUT2D eigenvalue weighted by Gasteiger charge is -2.19. The molecule has 2 rings (SSSR count). The number of hydrogen-bond acceptors (Lipinski definition) is 3. The number of nitrogens with one attached hydrogen (secondary N) is 2. The van der Waals surface area contributed by atoms with Crippen molar-refractivity contribution in [2.45, 2.75) is 38.6 Å². The second-order valence-corrected chi connectivity index (χ2v) is 5.67. The standard InChI is InChI=1S/C13H22N2O4/c1-2-3-13(4-5-13)8-14-12(18)15-10-7-19-6-9(10)11(16)17/h9-10H,2-8H2,1H3,(H,16,17)(H2,14,15,18). The third kappa shape index (κ3) is 3.59. The minimum absolute atomic E-state index is 0.167. The number of rotatable bonds is 6. The minimum atomic E-state index is -0.924. The third-order valence-corrected chi connectivity index (χ3v) is 4.08. The average Bonchev–Trinajstić information content (AvgIpc) is 2.96. The van der Waals surface area contributed by atoms with E-state index in [1.807, 2.05) is 0 Å². The van der Waals surface area contributed by atoms with Crippen molar-refractivity contribution in [2.75, 3.05) is 19.8 Å². The first-order valence-corrected chi connectivity index (χ1v) is 6.91. The maximum Gasteiger partial charge on any atom is 0.315 e. The Morgan fingerprint density at radius 3 is 2.68 bits per heavy atom. The summed E-state index contributed by atoms with van der Waals surface area (Å²) in [7, 11) is 0. The second kappa shape index (κ2) is 5.77. The van der Waals surface area contributed by atoms with Crippen molar-refractivity contribution < 1.29 is 19.4 Å². The van der Waals surface area contributed by atoms with Gasteiger partial charge in [0, 0.05) is 6.54 Å². The number of carbonyl (C=O) groups is 2. The fraction of sp³-hybridized carbons (Fsp3) is 0.846. The Balaban J connectivity index is 1.74. The van der Waals surface area contributed by atoms with Gasteiger partial charge in [0.05, 0.1) is 19.3 Å². The van der Waals surface area contributed by atoms with Gasteiger partial charge >= 0.3 is 12.0 Å². The molecule has 2 atom stereocenters. The van der Waals surface area contributed by atoms with Crippen molar-refractivity contribution in [3.63, 3.8) is 0 Å². The summed E-state index contributed by atoms with van der Waals surface area (Å²) >= 11 is 0. The van der Waals surface area contributed by atoms with Crippen LogP contribution in [-0.4, -0.2) is 42.9 Å². The normalized spacial score (nSPS) is 27.8.